The first-order valence-electron chi connectivity index (χ1n) is 4.65. The average Bonchev–Trinajstić information content (AvgIpc) is 2.88. The van der Waals surface area contributed by atoms with Crippen LogP contribution in [0.3, 0.4) is 0 Å². The van der Waals surface area contributed by atoms with Gasteiger partial charge in [-0.1, -0.05) is 0 Å². The van der Waals surface area contributed by atoms with E-state index in [4.69, 9.17) is 4.42 Å². The van der Waals surface area contributed by atoms with Crippen LogP contribution in [0, 0.1) is 0 Å². The largest absolute Gasteiger partial charge is 0.457 e. The lowest BCUT2D eigenvalue weighted by Gasteiger charge is -2.01. The minimum absolute atomic E-state index is 0.143. The fraction of sp³-hybridized carbons (Fsp3) is 0.200. The molecule has 0 radical (unpaired) electrons. The van der Waals surface area contributed by atoms with Gasteiger partial charge in [0, 0.05) is 18.3 Å². The van der Waals surface area contributed by atoms with E-state index >= 15 is 0 Å². The van der Waals surface area contributed by atoms with E-state index in [1.807, 2.05) is 5.38 Å². The minimum atomic E-state index is -0.143. The third-order valence-corrected chi connectivity index (χ3v) is 3.26. The summed E-state index contributed by atoms with van der Waals surface area (Å²) in [5.74, 6) is -0.143. The number of hydrogen-bond acceptors (Lipinski definition) is 4. The third kappa shape index (κ3) is 2.70. The number of furan rings is 1. The molecule has 0 aliphatic rings. The van der Waals surface area contributed by atoms with Crippen molar-refractivity contribution in [1.82, 2.24) is 10.3 Å². The van der Waals surface area contributed by atoms with E-state index in [0.29, 0.717) is 16.8 Å². The van der Waals surface area contributed by atoms with Gasteiger partial charge < -0.3 is 9.73 Å². The highest BCUT2D eigenvalue weighted by molar-refractivity contribution is 9.10. The van der Waals surface area contributed by atoms with Crippen LogP contribution in [0.4, 0.5) is 0 Å². The molecule has 0 atom stereocenters. The van der Waals surface area contributed by atoms with Crippen LogP contribution in [0.1, 0.15) is 16.1 Å². The second-order valence-corrected chi connectivity index (χ2v) is 4.53. The summed E-state index contributed by atoms with van der Waals surface area (Å²) in [6, 6.07) is 1.63. The van der Waals surface area contributed by atoms with Gasteiger partial charge in [0.2, 0.25) is 0 Å². The molecule has 84 valence electrons. The second kappa shape index (κ2) is 5.27. The number of carbonyl (C=O) groups excluding carboxylic acids is 1. The number of amides is 1. The van der Waals surface area contributed by atoms with E-state index < -0.39 is 0 Å². The van der Waals surface area contributed by atoms with Crippen LogP contribution in [0.15, 0.2) is 32.3 Å². The smallest absolute Gasteiger partial charge is 0.255 e. The van der Waals surface area contributed by atoms with Crippen molar-refractivity contribution in [2.75, 3.05) is 6.54 Å². The molecule has 4 nitrogen and oxygen atoms in total. The highest BCUT2D eigenvalue weighted by atomic mass is 79.9. The van der Waals surface area contributed by atoms with E-state index in [-0.39, 0.29) is 5.91 Å². The molecule has 1 amide bonds. The molecule has 2 heterocycles. The normalized spacial score (nSPS) is 10.3. The maximum atomic E-state index is 11.6. The number of thiazole rings is 1. The van der Waals surface area contributed by atoms with Gasteiger partial charge in [0.15, 0.2) is 4.67 Å². The van der Waals surface area contributed by atoms with Gasteiger partial charge in [0.1, 0.15) is 0 Å². The minimum Gasteiger partial charge on any atom is -0.457 e. The van der Waals surface area contributed by atoms with Crippen LogP contribution < -0.4 is 5.32 Å². The Hall–Kier alpha value is -1.14. The first-order chi connectivity index (χ1) is 7.77. The van der Waals surface area contributed by atoms with Gasteiger partial charge in [-0.2, -0.15) is 0 Å². The fourth-order valence-electron chi connectivity index (χ4n) is 1.22. The van der Waals surface area contributed by atoms with Gasteiger partial charge in [-0.3, -0.25) is 4.79 Å². The summed E-state index contributed by atoms with van der Waals surface area (Å²) in [7, 11) is 0. The van der Waals surface area contributed by atoms with Crippen molar-refractivity contribution >= 4 is 33.2 Å². The Kier molecular flexibility index (Phi) is 3.74. The Balaban J connectivity index is 1.83. The summed E-state index contributed by atoms with van der Waals surface area (Å²) < 4.78 is 5.44. The summed E-state index contributed by atoms with van der Waals surface area (Å²) in [4.78, 5) is 15.8. The Morgan fingerprint density at radius 1 is 1.62 bits per heavy atom. The first kappa shape index (κ1) is 11.3. The van der Waals surface area contributed by atoms with Crippen molar-refractivity contribution < 1.29 is 9.21 Å². The average molecular weight is 301 g/mol. The Morgan fingerprint density at radius 2 is 2.50 bits per heavy atom. The van der Waals surface area contributed by atoms with Crippen molar-refractivity contribution in [3.63, 3.8) is 0 Å². The monoisotopic (exact) mass is 300 g/mol. The van der Waals surface area contributed by atoms with Gasteiger partial charge in [0.05, 0.1) is 23.0 Å². The number of hydrogen-bond donors (Lipinski definition) is 1. The molecule has 0 saturated carbocycles. The van der Waals surface area contributed by atoms with Gasteiger partial charge in [-0.15, -0.1) is 11.3 Å². The number of nitrogens with zero attached hydrogens (tertiary/aromatic N) is 1. The molecule has 0 aromatic carbocycles. The molecule has 2 aromatic heterocycles. The van der Waals surface area contributed by atoms with Gasteiger partial charge >= 0.3 is 0 Å². The first-order valence-corrected chi connectivity index (χ1v) is 6.39. The predicted octanol–water partition coefficient (Wildman–Crippen LogP) is 2.47. The highest BCUT2D eigenvalue weighted by Gasteiger charge is 2.11. The molecule has 16 heavy (non-hydrogen) atoms. The molecule has 6 heteroatoms. The molecule has 0 fully saturated rings. The Labute approximate surface area is 105 Å². The van der Waals surface area contributed by atoms with Gasteiger partial charge in [0.25, 0.3) is 5.91 Å². The zero-order chi connectivity index (χ0) is 11.4. The molecule has 0 saturated heterocycles. The molecule has 0 spiro atoms. The van der Waals surface area contributed by atoms with E-state index in [1.165, 1.54) is 6.26 Å². The number of halogens is 1. The summed E-state index contributed by atoms with van der Waals surface area (Å²) in [5.41, 5.74) is 3.29. The number of carbonyl (C=O) groups is 1. The number of rotatable bonds is 4. The third-order valence-electron chi connectivity index (χ3n) is 2.01. The Morgan fingerprint density at radius 3 is 3.12 bits per heavy atom. The molecule has 2 rings (SSSR count). The van der Waals surface area contributed by atoms with Crippen molar-refractivity contribution in [1.29, 1.82) is 0 Å². The van der Waals surface area contributed by atoms with E-state index in [9.17, 15) is 4.79 Å². The molecular formula is C10H9BrN2O2S. The van der Waals surface area contributed by atoms with Crippen LogP contribution in [0.5, 0.6) is 0 Å². The summed E-state index contributed by atoms with van der Waals surface area (Å²) in [6.45, 7) is 0.570. The number of nitrogens with one attached hydrogen (secondary N) is 1. The van der Waals surface area contributed by atoms with Crippen molar-refractivity contribution in [3.8, 4) is 0 Å². The Bertz CT molecular complexity index is 467. The lowest BCUT2D eigenvalue weighted by atomic mass is 10.3. The van der Waals surface area contributed by atoms with Crippen LogP contribution >= 0.6 is 27.3 Å². The van der Waals surface area contributed by atoms with E-state index in [2.05, 4.69) is 26.2 Å². The summed E-state index contributed by atoms with van der Waals surface area (Å²) in [6.07, 6.45) is 2.21. The van der Waals surface area contributed by atoms with Gasteiger partial charge in [-0.05, 0) is 22.0 Å². The molecule has 1 N–H and O–H groups in total. The highest BCUT2D eigenvalue weighted by Crippen LogP contribution is 2.16. The van der Waals surface area contributed by atoms with Crippen LogP contribution in [-0.2, 0) is 6.42 Å². The SMILES string of the molecule is O=C(NCCc1cscn1)c1ccoc1Br. The maximum absolute atomic E-state index is 11.6. The van der Waals surface area contributed by atoms with Crippen molar-refractivity contribution in [3.05, 3.63) is 39.1 Å². The molecule has 0 unspecified atom stereocenters. The molecule has 0 aliphatic carbocycles. The molecular weight excluding hydrogens is 292 g/mol. The van der Waals surface area contributed by atoms with Gasteiger partial charge in [-0.25, -0.2) is 4.98 Å². The second-order valence-electron chi connectivity index (χ2n) is 3.09. The van der Waals surface area contributed by atoms with Crippen molar-refractivity contribution in [2.45, 2.75) is 6.42 Å². The molecule has 0 bridgehead atoms. The van der Waals surface area contributed by atoms with Crippen LogP contribution in [-0.4, -0.2) is 17.4 Å². The lowest BCUT2D eigenvalue weighted by Crippen LogP contribution is -2.25. The van der Waals surface area contributed by atoms with E-state index in [1.54, 1.807) is 22.9 Å². The molecule has 2 aromatic rings. The summed E-state index contributed by atoms with van der Waals surface area (Å²) in [5, 5.41) is 4.77. The number of aromatic nitrogens is 1. The zero-order valence-corrected chi connectivity index (χ0v) is 10.7. The zero-order valence-electron chi connectivity index (χ0n) is 8.27. The topological polar surface area (TPSA) is 55.1 Å². The lowest BCUT2D eigenvalue weighted by molar-refractivity contribution is 0.0952. The quantitative estimate of drug-likeness (QED) is 0.944. The standard InChI is InChI=1S/C10H9BrN2O2S/c11-9-8(2-4-15-9)10(14)12-3-1-7-5-16-6-13-7/h2,4-6H,1,3H2,(H,12,14). The van der Waals surface area contributed by atoms with Crippen LogP contribution in [0.2, 0.25) is 0 Å². The fourth-order valence-corrected chi connectivity index (χ4v) is 2.23. The summed E-state index contributed by atoms with van der Waals surface area (Å²) >= 11 is 4.71. The molecule has 0 aliphatic heterocycles. The van der Waals surface area contributed by atoms with Crippen LogP contribution in [0.25, 0.3) is 0 Å². The van der Waals surface area contributed by atoms with Crippen molar-refractivity contribution in [2.24, 2.45) is 0 Å². The maximum Gasteiger partial charge on any atom is 0.255 e. The van der Waals surface area contributed by atoms with E-state index in [0.717, 1.165) is 12.1 Å². The predicted molar refractivity (Wildman–Crippen MR) is 64.6 cm³/mol.